The van der Waals surface area contributed by atoms with E-state index in [0.717, 1.165) is 11.4 Å². The summed E-state index contributed by atoms with van der Waals surface area (Å²) in [6.07, 6.45) is 0.633. The standard InChI is InChI=1S/C20H21ClN4O3S/c1-25-18(10-13-4-6-14(21)7-5-13)23-24-20(25)29-12-19(26)22-16-11-15(27-2)8-9-17(16)28-3/h4-9,11H,10,12H2,1-3H3,(H,22,26). The van der Waals surface area contributed by atoms with Gasteiger partial charge in [-0.25, -0.2) is 0 Å². The van der Waals surface area contributed by atoms with Crippen LogP contribution in [0.4, 0.5) is 5.69 Å². The van der Waals surface area contributed by atoms with E-state index >= 15 is 0 Å². The zero-order valence-corrected chi connectivity index (χ0v) is 17.9. The molecule has 0 fully saturated rings. The Hall–Kier alpha value is -2.71. The maximum absolute atomic E-state index is 12.4. The van der Waals surface area contributed by atoms with Crippen LogP contribution in [0.5, 0.6) is 11.5 Å². The van der Waals surface area contributed by atoms with E-state index in [-0.39, 0.29) is 11.7 Å². The summed E-state index contributed by atoms with van der Waals surface area (Å²) < 4.78 is 12.4. The Labute approximate surface area is 178 Å². The molecule has 0 saturated heterocycles. The molecular weight excluding hydrogens is 412 g/mol. The van der Waals surface area contributed by atoms with Gasteiger partial charge in [-0.1, -0.05) is 35.5 Å². The smallest absolute Gasteiger partial charge is 0.234 e. The summed E-state index contributed by atoms with van der Waals surface area (Å²) in [5, 5.41) is 12.6. The Morgan fingerprint density at radius 1 is 1.14 bits per heavy atom. The van der Waals surface area contributed by atoms with Gasteiger partial charge in [-0.05, 0) is 29.8 Å². The Kier molecular flexibility index (Phi) is 7.00. The van der Waals surface area contributed by atoms with E-state index in [4.69, 9.17) is 21.1 Å². The molecule has 0 aliphatic carbocycles. The van der Waals surface area contributed by atoms with Crippen LogP contribution < -0.4 is 14.8 Å². The fraction of sp³-hybridized carbons (Fsp3) is 0.250. The SMILES string of the molecule is COc1ccc(OC)c(NC(=O)CSc2nnc(Cc3ccc(Cl)cc3)n2C)c1. The van der Waals surface area contributed by atoms with Gasteiger partial charge in [0.1, 0.15) is 17.3 Å². The van der Waals surface area contributed by atoms with Gasteiger partial charge in [0.25, 0.3) is 0 Å². The summed E-state index contributed by atoms with van der Waals surface area (Å²) >= 11 is 7.24. The molecule has 0 radical (unpaired) electrons. The highest BCUT2D eigenvalue weighted by Crippen LogP contribution is 2.29. The van der Waals surface area contributed by atoms with E-state index in [1.807, 2.05) is 35.9 Å². The average molecular weight is 433 g/mol. The fourth-order valence-corrected chi connectivity index (χ4v) is 3.49. The van der Waals surface area contributed by atoms with E-state index in [9.17, 15) is 4.79 Å². The van der Waals surface area contributed by atoms with Crippen LogP contribution in [0.1, 0.15) is 11.4 Å². The van der Waals surface area contributed by atoms with Crippen LogP contribution in [-0.4, -0.2) is 40.6 Å². The number of aromatic nitrogens is 3. The van der Waals surface area contributed by atoms with Crippen LogP contribution in [0.15, 0.2) is 47.6 Å². The molecule has 0 saturated carbocycles. The van der Waals surface area contributed by atoms with Crippen LogP contribution in [0.2, 0.25) is 5.02 Å². The third kappa shape index (κ3) is 5.42. The summed E-state index contributed by atoms with van der Waals surface area (Å²) in [7, 11) is 5.00. The van der Waals surface area contributed by atoms with E-state index < -0.39 is 0 Å². The highest BCUT2D eigenvalue weighted by molar-refractivity contribution is 7.99. The highest BCUT2D eigenvalue weighted by atomic mass is 35.5. The van der Waals surface area contributed by atoms with Crippen LogP contribution in [0.3, 0.4) is 0 Å². The van der Waals surface area contributed by atoms with Crippen molar-refractivity contribution in [2.24, 2.45) is 7.05 Å². The van der Waals surface area contributed by atoms with Crippen molar-refractivity contribution in [2.75, 3.05) is 25.3 Å². The van der Waals surface area contributed by atoms with Crippen LogP contribution >= 0.6 is 23.4 Å². The largest absolute Gasteiger partial charge is 0.497 e. The molecule has 3 aromatic rings. The fourth-order valence-electron chi connectivity index (χ4n) is 2.64. The van der Waals surface area contributed by atoms with E-state index in [0.29, 0.717) is 33.8 Å². The minimum absolute atomic E-state index is 0.177. The second-order valence-corrected chi connectivity index (χ2v) is 7.54. The Morgan fingerprint density at radius 2 is 1.90 bits per heavy atom. The number of methoxy groups -OCH3 is 2. The van der Waals surface area contributed by atoms with Crippen molar-refractivity contribution < 1.29 is 14.3 Å². The molecule has 0 atom stereocenters. The normalized spacial score (nSPS) is 10.6. The number of nitrogens with one attached hydrogen (secondary N) is 1. The molecule has 9 heteroatoms. The van der Waals surface area contributed by atoms with E-state index in [2.05, 4.69) is 15.5 Å². The van der Waals surface area contributed by atoms with Crippen LogP contribution in [0, 0.1) is 0 Å². The molecule has 1 heterocycles. The first-order valence-corrected chi connectivity index (χ1v) is 10.1. The lowest BCUT2D eigenvalue weighted by Gasteiger charge is -2.11. The number of benzene rings is 2. The number of anilines is 1. The number of hydrogen-bond acceptors (Lipinski definition) is 6. The lowest BCUT2D eigenvalue weighted by molar-refractivity contribution is -0.113. The molecule has 3 rings (SSSR count). The predicted octanol–water partition coefficient (Wildman–Crippen LogP) is 3.81. The Balaban J connectivity index is 1.61. The lowest BCUT2D eigenvalue weighted by Crippen LogP contribution is -2.15. The third-order valence-electron chi connectivity index (χ3n) is 4.21. The number of thioether (sulfide) groups is 1. The van der Waals surface area contributed by atoms with E-state index in [1.165, 1.54) is 11.8 Å². The zero-order valence-electron chi connectivity index (χ0n) is 16.3. The van der Waals surface area contributed by atoms with Gasteiger partial charge in [-0.15, -0.1) is 10.2 Å². The predicted molar refractivity (Wildman–Crippen MR) is 114 cm³/mol. The minimum atomic E-state index is -0.177. The lowest BCUT2D eigenvalue weighted by atomic mass is 10.1. The maximum atomic E-state index is 12.4. The van der Waals surface area contributed by atoms with E-state index in [1.54, 1.807) is 32.4 Å². The highest BCUT2D eigenvalue weighted by Gasteiger charge is 2.14. The molecule has 0 spiro atoms. The Bertz CT molecular complexity index is 992. The van der Waals surface area contributed by atoms with Crippen LogP contribution in [0.25, 0.3) is 0 Å². The molecule has 0 aliphatic heterocycles. The van der Waals surface area contributed by atoms with Crippen molar-refractivity contribution in [1.29, 1.82) is 0 Å². The van der Waals surface area contributed by atoms with Gasteiger partial charge in [0.2, 0.25) is 5.91 Å². The minimum Gasteiger partial charge on any atom is -0.497 e. The molecule has 152 valence electrons. The first-order valence-electron chi connectivity index (χ1n) is 8.77. The number of rotatable bonds is 8. The second kappa shape index (κ2) is 9.67. The van der Waals surface area contributed by atoms with Gasteiger partial charge in [0, 0.05) is 24.6 Å². The Morgan fingerprint density at radius 3 is 2.59 bits per heavy atom. The molecule has 1 N–H and O–H groups in total. The summed E-state index contributed by atoms with van der Waals surface area (Å²) in [5.74, 6) is 2.02. The molecule has 0 bridgehead atoms. The molecule has 0 aliphatic rings. The average Bonchev–Trinajstić information content (AvgIpc) is 3.07. The molecule has 29 heavy (non-hydrogen) atoms. The van der Waals surface area contributed by atoms with Gasteiger partial charge in [-0.3, -0.25) is 4.79 Å². The molecule has 2 aromatic carbocycles. The summed E-state index contributed by atoms with van der Waals surface area (Å²) in [6, 6.07) is 12.8. The van der Waals surface area contributed by atoms with Crippen molar-refractivity contribution in [2.45, 2.75) is 11.6 Å². The first kappa shape index (κ1) is 21.0. The van der Waals surface area contributed by atoms with Gasteiger partial charge >= 0.3 is 0 Å². The van der Waals surface area contributed by atoms with Crippen molar-refractivity contribution in [3.63, 3.8) is 0 Å². The van der Waals surface area contributed by atoms with Crippen molar-refractivity contribution in [1.82, 2.24) is 14.8 Å². The first-order chi connectivity index (χ1) is 14.0. The molecule has 1 amide bonds. The topological polar surface area (TPSA) is 78.3 Å². The van der Waals surface area contributed by atoms with Crippen molar-refractivity contribution in [3.05, 3.63) is 58.9 Å². The van der Waals surface area contributed by atoms with Gasteiger partial charge in [0.05, 0.1) is 25.7 Å². The number of hydrogen-bond donors (Lipinski definition) is 1. The van der Waals surface area contributed by atoms with Crippen molar-refractivity contribution >= 4 is 35.0 Å². The van der Waals surface area contributed by atoms with Crippen molar-refractivity contribution in [3.8, 4) is 11.5 Å². The third-order valence-corrected chi connectivity index (χ3v) is 5.49. The quantitative estimate of drug-likeness (QED) is 0.545. The monoisotopic (exact) mass is 432 g/mol. The summed E-state index contributed by atoms with van der Waals surface area (Å²) in [5.41, 5.74) is 1.64. The molecular formula is C20H21ClN4O3S. The van der Waals surface area contributed by atoms with Gasteiger partial charge < -0.3 is 19.4 Å². The second-order valence-electron chi connectivity index (χ2n) is 6.16. The maximum Gasteiger partial charge on any atom is 0.234 e. The molecule has 7 nitrogen and oxygen atoms in total. The summed E-state index contributed by atoms with van der Waals surface area (Å²) in [4.78, 5) is 12.4. The number of nitrogens with zero attached hydrogens (tertiary/aromatic N) is 3. The number of ether oxygens (including phenoxy) is 2. The van der Waals surface area contributed by atoms with Gasteiger partial charge in [-0.2, -0.15) is 0 Å². The number of halogens is 1. The van der Waals surface area contributed by atoms with Gasteiger partial charge in [0.15, 0.2) is 5.16 Å². The number of carbonyl (C=O) groups is 1. The molecule has 0 unspecified atom stereocenters. The zero-order chi connectivity index (χ0) is 20.8. The summed E-state index contributed by atoms with van der Waals surface area (Å²) in [6.45, 7) is 0. The number of carbonyl (C=O) groups excluding carboxylic acids is 1. The van der Waals surface area contributed by atoms with Crippen LogP contribution in [-0.2, 0) is 18.3 Å². The molecule has 1 aromatic heterocycles. The number of amides is 1.